The lowest BCUT2D eigenvalue weighted by molar-refractivity contribution is -0.130. The molecule has 2 saturated heterocycles. The number of carbonyl (C=O) groups is 1. The molecule has 5 rings (SSSR count). The van der Waals surface area contributed by atoms with E-state index < -0.39 is 5.92 Å². The van der Waals surface area contributed by atoms with Crippen LogP contribution in [0.5, 0.6) is 0 Å². The van der Waals surface area contributed by atoms with Crippen molar-refractivity contribution in [1.29, 1.82) is 0 Å². The molecule has 8 heteroatoms. The number of benzene rings is 1. The maximum absolute atomic E-state index is 13.6. The van der Waals surface area contributed by atoms with Gasteiger partial charge in [0, 0.05) is 42.8 Å². The van der Waals surface area contributed by atoms with Crippen molar-refractivity contribution in [3.63, 3.8) is 0 Å². The molecular weight excluding hydrogens is 484 g/mol. The molecule has 3 aliphatic rings. The zero-order valence-electron chi connectivity index (χ0n) is 23.0. The highest BCUT2D eigenvalue weighted by Crippen LogP contribution is 2.40. The largest absolute Gasteiger partial charge is 0.349 e. The number of rotatable bonds is 8. The van der Waals surface area contributed by atoms with E-state index in [1.165, 1.54) is 0 Å². The molecule has 2 N–H and O–H groups in total. The van der Waals surface area contributed by atoms with Crippen LogP contribution in [0.15, 0.2) is 30.3 Å². The monoisotopic (exact) mass is 527 g/mol. The number of hydrogen-bond donors (Lipinski definition) is 2. The highest BCUT2D eigenvalue weighted by molar-refractivity contribution is 5.79. The lowest BCUT2D eigenvalue weighted by Crippen LogP contribution is -2.51. The first-order valence-electron chi connectivity index (χ1n) is 14.6. The van der Waals surface area contributed by atoms with Gasteiger partial charge in [-0.3, -0.25) is 4.79 Å². The SMILES string of the molecule is Cc1nnc(C(C)C)n1[C@@H]1C[C@H]2CC(CC[C@H](NC(=O)C3CCC(F)(F)CC3)c3ccccc3)C[C@@H](C1)N2. The van der Waals surface area contributed by atoms with Gasteiger partial charge in [0.2, 0.25) is 11.8 Å². The number of hydrogen-bond acceptors (Lipinski definition) is 4. The minimum Gasteiger partial charge on any atom is -0.349 e. The zero-order chi connectivity index (χ0) is 26.9. The number of halogens is 2. The topological polar surface area (TPSA) is 71.8 Å². The summed E-state index contributed by atoms with van der Waals surface area (Å²) < 4.78 is 29.6. The first kappa shape index (κ1) is 27.2. The summed E-state index contributed by atoms with van der Waals surface area (Å²) in [6, 6.07) is 11.4. The number of aromatic nitrogens is 3. The summed E-state index contributed by atoms with van der Waals surface area (Å²) in [7, 11) is 0. The second kappa shape index (κ2) is 11.4. The van der Waals surface area contributed by atoms with Crippen molar-refractivity contribution < 1.29 is 13.6 Å². The number of carbonyl (C=O) groups excluding carboxylic acids is 1. The van der Waals surface area contributed by atoms with E-state index in [4.69, 9.17) is 0 Å². The van der Waals surface area contributed by atoms with Gasteiger partial charge in [0.1, 0.15) is 11.6 Å². The third-order valence-corrected chi connectivity index (χ3v) is 9.06. The quantitative estimate of drug-likeness (QED) is 0.426. The summed E-state index contributed by atoms with van der Waals surface area (Å²) in [5.74, 6) is 0.0673. The molecule has 0 radical (unpaired) electrons. The van der Waals surface area contributed by atoms with Crippen LogP contribution in [0.2, 0.25) is 0 Å². The Labute approximate surface area is 225 Å². The summed E-state index contributed by atoms with van der Waals surface area (Å²) in [6.07, 6.45) is 6.54. The Bertz CT molecular complexity index is 1060. The van der Waals surface area contributed by atoms with Crippen LogP contribution in [0.1, 0.15) is 113 Å². The van der Waals surface area contributed by atoms with E-state index in [-0.39, 0.29) is 43.6 Å². The van der Waals surface area contributed by atoms with Crippen LogP contribution in [0.3, 0.4) is 0 Å². The molecule has 1 aromatic heterocycles. The molecule has 1 unspecified atom stereocenters. The van der Waals surface area contributed by atoms with Gasteiger partial charge in [-0.1, -0.05) is 44.2 Å². The van der Waals surface area contributed by atoms with Gasteiger partial charge in [-0.05, 0) is 69.8 Å². The van der Waals surface area contributed by atoms with Gasteiger partial charge in [0.05, 0.1) is 6.04 Å². The van der Waals surface area contributed by atoms with Crippen LogP contribution in [-0.2, 0) is 4.79 Å². The maximum Gasteiger partial charge on any atom is 0.248 e. The Kier molecular flexibility index (Phi) is 8.17. The van der Waals surface area contributed by atoms with E-state index in [0.717, 1.165) is 55.7 Å². The summed E-state index contributed by atoms with van der Waals surface area (Å²) >= 11 is 0. The Morgan fingerprint density at radius 3 is 2.37 bits per heavy atom. The predicted octanol–water partition coefficient (Wildman–Crippen LogP) is 6.24. The Hall–Kier alpha value is -2.35. The van der Waals surface area contributed by atoms with Gasteiger partial charge >= 0.3 is 0 Å². The van der Waals surface area contributed by atoms with Crippen LogP contribution in [0.4, 0.5) is 8.78 Å². The van der Waals surface area contributed by atoms with Gasteiger partial charge in [-0.2, -0.15) is 0 Å². The maximum atomic E-state index is 13.6. The highest BCUT2D eigenvalue weighted by atomic mass is 19.3. The molecule has 1 aromatic carbocycles. The molecular formula is C30H43F2N5O. The minimum absolute atomic E-state index is 0.0651. The average molecular weight is 528 g/mol. The number of nitrogens with one attached hydrogen (secondary N) is 2. The molecule has 1 amide bonds. The first-order chi connectivity index (χ1) is 18.2. The molecule has 6 nitrogen and oxygen atoms in total. The summed E-state index contributed by atoms with van der Waals surface area (Å²) in [5.41, 5.74) is 1.10. The molecule has 2 aliphatic heterocycles. The van der Waals surface area contributed by atoms with Gasteiger partial charge in [-0.25, -0.2) is 8.78 Å². The fourth-order valence-corrected chi connectivity index (χ4v) is 7.13. The smallest absolute Gasteiger partial charge is 0.248 e. The summed E-state index contributed by atoms with van der Waals surface area (Å²) in [6.45, 7) is 6.43. The normalized spacial score (nSPS) is 28.3. The predicted molar refractivity (Wildman–Crippen MR) is 144 cm³/mol. The number of aryl methyl sites for hydroxylation is 1. The van der Waals surface area contributed by atoms with E-state index in [9.17, 15) is 13.6 Å². The van der Waals surface area contributed by atoms with Crippen LogP contribution in [0.25, 0.3) is 0 Å². The summed E-state index contributed by atoms with van der Waals surface area (Å²) in [5, 5.41) is 16.0. The summed E-state index contributed by atoms with van der Waals surface area (Å²) in [4.78, 5) is 13.1. The van der Waals surface area contributed by atoms with Crippen molar-refractivity contribution in [2.45, 2.75) is 121 Å². The fourth-order valence-electron chi connectivity index (χ4n) is 7.13. The van der Waals surface area contributed by atoms with Crippen molar-refractivity contribution in [3.8, 4) is 0 Å². The number of alkyl halides is 2. The molecule has 0 spiro atoms. The molecule has 208 valence electrons. The van der Waals surface area contributed by atoms with E-state index in [1.54, 1.807) is 0 Å². The molecule has 38 heavy (non-hydrogen) atoms. The third kappa shape index (κ3) is 6.27. The molecule has 3 fully saturated rings. The second-order valence-electron chi connectivity index (χ2n) is 12.3. The van der Waals surface area contributed by atoms with Crippen molar-refractivity contribution in [1.82, 2.24) is 25.4 Å². The molecule has 5 atom stereocenters. The number of nitrogens with zero attached hydrogens (tertiary/aromatic N) is 3. The third-order valence-electron chi connectivity index (χ3n) is 9.06. The lowest BCUT2D eigenvalue weighted by atomic mass is 9.76. The van der Waals surface area contributed by atoms with Crippen LogP contribution in [-0.4, -0.2) is 38.7 Å². The van der Waals surface area contributed by atoms with E-state index in [1.807, 2.05) is 18.2 Å². The second-order valence-corrected chi connectivity index (χ2v) is 12.3. The number of piperidine rings is 2. The van der Waals surface area contributed by atoms with E-state index in [2.05, 4.69) is 58.3 Å². The average Bonchev–Trinajstić information content (AvgIpc) is 3.28. The van der Waals surface area contributed by atoms with Gasteiger partial charge < -0.3 is 15.2 Å². The van der Waals surface area contributed by atoms with E-state index in [0.29, 0.717) is 30.0 Å². The minimum atomic E-state index is -2.62. The van der Waals surface area contributed by atoms with Gasteiger partial charge in [-0.15, -0.1) is 10.2 Å². The molecule has 1 aliphatic carbocycles. The standard InChI is InChI=1S/C30H43F2N5O/c1-19(2)28-36-35-20(3)37(28)26-17-24-15-21(16-25(18-26)33-24)9-10-27(22-7-5-4-6-8-22)34-29(38)23-11-13-30(31,32)14-12-23/h4-8,19,21,23-27,33H,9-18H2,1-3H3,(H,34,38)/t21?,24-,25+,26-,27-/m0/s1. The van der Waals surface area contributed by atoms with E-state index >= 15 is 0 Å². The van der Waals surface area contributed by atoms with Crippen molar-refractivity contribution in [3.05, 3.63) is 47.5 Å². The highest BCUT2D eigenvalue weighted by Gasteiger charge is 2.39. The Morgan fingerprint density at radius 2 is 1.74 bits per heavy atom. The fraction of sp³-hybridized carbons (Fsp3) is 0.700. The van der Waals surface area contributed by atoms with Crippen molar-refractivity contribution in [2.24, 2.45) is 11.8 Å². The molecule has 1 saturated carbocycles. The van der Waals surface area contributed by atoms with Crippen LogP contribution in [0, 0.1) is 18.8 Å². The number of amides is 1. The van der Waals surface area contributed by atoms with Crippen molar-refractivity contribution >= 4 is 5.91 Å². The van der Waals surface area contributed by atoms with Crippen LogP contribution < -0.4 is 10.6 Å². The molecule has 3 heterocycles. The van der Waals surface area contributed by atoms with Crippen LogP contribution >= 0.6 is 0 Å². The lowest BCUT2D eigenvalue weighted by Gasteiger charge is -2.44. The zero-order valence-corrected chi connectivity index (χ0v) is 23.0. The van der Waals surface area contributed by atoms with Gasteiger partial charge in [0.25, 0.3) is 0 Å². The van der Waals surface area contributed by atoms with Crippen molar-refractivity contribution in [2.75, 3.05) is 0 Å². The molecule has 2 bridgehead atoms. The van der Waals surface area contributed by atoms with Gasteiger partial charge in [0.15, 0.2) is 0 Å². The Morgan fingerprint density at radius 1 is 1.08 bits per heavy atom. The molecule has 2 aromatic rings. The Balaban J connectivity index is 1.20. The number of fused-ring (bicyclic) bond motifs is 2. The first-order valence-corrected chi connectivity index (χ1v) is 14.6.